The van der Waals surface area contributed by atoms with Crippen LogP contribution in [0.4, 0.5) is 0 Å². The van der Waals surface area contributed by atoms with Crippen LogP contribution >= 0.6 is 0 Å². The quantitative estimate of drug-likeness (QED) is 0.673. The molecule has 0 aromatic carbocycles. The molecule has 13 heavy (non-hydrogen) atoms. The fourth-order valence-electron chi connectivity index (χ4n) is 1.17. The molecule has 5 heteroatoms. The summed E-state index contributed by atoms with van der Waals surface area (Å²) in [6.07, 6.45) is 2.12. The second-order valence-corrected chi connectivity index (χ2v) is 3.06. The summed E-state index contributed by atoms with van der Waals surface area (Å²) in [7, 11) is 1.79. The minimum atomic E-state index is -0.983. The fraction of sp³-hybridized carbons (Fsp3) is 0.500. The standard InChI is InChI=1S/C8H13N3O2/c1-5-6(4-11(2)10-5)3-7(9)8(12)13/h4,7H,3,9H2,1-2H3,(H,12,13)/t7-/m0/s1. The van der Waals surface area contributed by atoms with Gasteiger partial charge in [-0.25, -0.2) is 0 Å². The van der Waals surface area contributed by atoms with Gasteiger partial charge in [0, 0.05) is 19.7 Å². The molecule has 0 amide bonds. The average molecular weight is 183 g/mol. The third-order valence-corrected chi connectivity index (χ3v) is 1.87. The Bertz CT molecular complexity index is 319. The van der Waals surface area contributed by atoms with E-state index in [4.69, 9.17) is 10.8 Å². The van der Waals surface area contributed by atoms with E-state index in [1.54, 1.807) is 17.9 Å². The highest BCUT2D eigenvalue weighted by atomic mass is 16.4. The van der Waals surface area contributed by atoms with Crippen LogP contribution in [-0.4, -0.2) is 26.9 Å². The molecule has 0 aliphatic heterocycles. The van der Waals surface area contributed by atoms with Crippen molar-refractivity contribution in [2.24, 2.45) is 12.8 Å². The smallest absolute Gasteiger partial charge is 0.320 e. The molecule has 72 valence electrons. The van der Waals surface area contributed by atoms with Gasteiger partial charge in [-0.15, -0.1) is 0 Å². The molecule has 0 saturated carbocycles. The Morgan fingerprint density at radius 2 is 2.46 bits per heavy atom. The van der Waals surface area contributed by atoms with Crippen molar-refractivity contribution < 1.29 is 9.90 Å². The number of hydrogen-bond acceptors (Lipinski definition) is 3. The van der Waals surface area contributed by atoms with E-state index in [9.17, 15) is 4.79 Å². The van der Waals surface area contributed by atoms with Gasteiger partial charge in [0.1, 0.15) is 6.04 Å². The molecule has 5 nitrogen and oxygen atoms in total. The van der Waals surface area contributed by atoms with Gasteiger partial charge < -0.3 is 10.8 Å². The maximum absolute atomic E-state index is 10.5. The predicted molar refractivity (Wildman–Crippen MR) is 47.3 cm³/mol. The van der Waals surface area contributed by atoms with Crippen LogP contribution in [-0.2, 0) is 18.3 Å². The van der Waals surface area contributed by atoms with Crippen LogP contribution < -0.4 is 5.73 Å². The summed E-state index contributed by atoms with van der Waals surface area (Å²) in [5.41, 5.74) is 7.11. The van der Waals surface area contributed by atoms with Gasteiger partial charge in [-0.1, -0.05) is 0 Å². The number of hydrogen-bond donors (Lipinski definition) is 2. The summed E-state index contributed by atoms with van der Waals surface area (Å²) in [4.78, 5) is 10.5. The van der Waals surface area contributed by atoms with Crippen LogP contribution in [0.2, 0.25) is 0 Å². The molecule has 0 bridgehead atoms. The van der Waals surface area contributed by atoms with Crippen molar-refractivity contribution in [1.82, 2.24) is 9.78 Å². The Balaban J connectivity index is 2.74. The largest absolute Gasteiger partial charge is 0.480 e. The summed E-state index contributed by atoms with van der Waals surface area (Å²) in [6, 6.07) is -0.845. The van der Waals surface area contributed by atoms with Gasteiger partial charge in [0.15, 0.2) is 0 Å². The number of nitrogens with two attached hydrogens (primary N) is 1. The lowest BCUT2D eigenvalue weighted by molar-refractivity contribution is -0.138. The molecule has 0 spiro atoms. The number of carboxylic acid groups (broad SMARTS) is 1. The first-order valence-electron chi connectivity index (χ1n) is 3.98. The van der Waals surface area contributed by atoms with Crippen molar-refractivity contribution in [2.45, 2.75) is 19.4 Å². The number of aryl methyl sites for hydroxylation is 2. The van der Waals surface area contributed by atoms with E-state index in [2.05, 4.69) is 5.10 Å². The van der Waals surface area contributed by atoms with E-state index in [-0.39, 0.29) is 0 Å². The molecule has 1 rings (SSSR count). The van der Waals surface area contributed by atoms with E-state index in [1.807, 2.05) is 6.92 Å². The summed E-state index contributed by atoms with van der Waals surface area (Å²) in [5.74, 6) is -0.983. The summed E-state index contributed by atoms with van der Waals surface area (Å²) in [5, 5.41) is 12.7. The zero-order valence-corrected chi connectivity index (χ0v) is 7.69. The zero-order valence-electron chi connectivity index (χ0n) is 7.69. The third-order valence-electron chi connectivity index (χ3n) is 1.87. The van der Waals surface area contributed by atoms with Crippen molar-refractivity contribution in [2.75, 3.05) is 0 Å². The molecule has 1 aromatic rings. The minimum Gasteiger partial charge on any atom is -0.480 e. The Morgan fingerprint density at radius 1 is 1.85 bits per heavy atom. The molecule has 1 atom stereocenters. The van der Waals surface area contributed by atoms with Crippen molar-refractivity contribution in [3.05, 3.63) is 17.5 Å². The average Bonchev–Trinajstić information content (AvgIpc) is 2.30. The molecular formula is C8H13N3O2. The lowest BCUT2D eigenvalue weighted by atomic mass is 10.1. The van der Waals surface area contributed by atoms with E-state index >= 15 is 0 Å². The van der Waals surface area contributed by atoms with Crippen molar-refractivity contribution >= 4 is 5.97 Å². The van der Waals surface area contributed by atoms with Crippen LogP contribution in [0.15, 0.2) is 6.20 Å². The van der Waals surface area contributed by atoms with Gasteiger partial charge in [-0.3, -0.25) is 9.48 Å². The van der Waals surface area contributed by atoms with Crippen LogP contribution in [0, 0.1) is 6.92 Å². The van der Waals surface area contributed by atoms with Crippen LogP contribution in [0.1, 0.15) is 11.3 Å². The Kier molecular flexibility index (Phi) is 2.67. The SMILES string of the molecule is Cc1nn(C)cc1C[C@H](N)C(=O)O. The van der Waals surface area contributed by atoms with Crippen molar-refractivity contribution in [3.63, 3.8) is 0 Å². The predicted octanol–water partition coefficient (Wildman–Crippen LogP) is -0.317. The Morgan fingerprint density at radius 3 is 2.85 bits per heavy atom. The highest BCUT2D eigenvalue weighted by Gasteiger charge is 2.14. The topological polar surface area (TPSA) is 81.1 Å². The monoisotopic (exact) mass is 183 g/mol. The molecule has 0 unspecified atom stereocenters. The highest BCUT2D eigenvalue weighted by Crippen LogP contribution is 2.06. The molecule has 1 heterocycles. The van der Waals surface area contributed by atoms with Gasteiger partial charge in [-0.05, 0) is 12.5 Å². The molecule has 0 saturated heterocycles. The molecule has 3 N–H and O–H groups in total. The van der Waals surface area contributed by atoms with Crippen LogP contribution in [0.5, 0.6) is 0 Å². The van der Waals surface area contributed by atoms with Gasteiger partial charge >= 0.3 is 5.97 Å². The lowest BCUT2D eigenvalue weighted by Gasteiger charge is -2.03. The number of aromatic nitrogens is 2. The molecule has 0 fully saturated rings. The fourth-order valence-corrected chi connectivity index (χ4v) is 1.17. The molecule has 0 radical (unpaired) electrons. The van der Waals surface area contributed by atoms with Crippen molar-refractivity contribution in [3.8, 4) is 0 Å². The highest BCUT2D eigenvalue weighted by molar-refractivity contribution is 5.73. The molecule has 0 aliphatic rings. The third kappa shape index (κ3) is 2.29. The number of rotatable bonds is 3. The normalized spacial score (nSPS) is 12.8. The first-order valence-corrected chi connectivity index (χ1v) is 3.98. The Labute approximate surface area is 76.2 Å². The van der Waals surface area contributed by atoms with E-state index in [0.717, 1.165) is 11.3 Å². The second kappa shape index (κ2) is 3.57. The second-order valence-electron chi connectivity index (χ2n) is 3.06. The lowest BCUT2D eigenvalue weighted by Crippen LogP contribution is -2.32. The summed E-state index contributed by atoms with van der Waals surface area (Å²) < 4.78 is 1.65. The number of carbonyl (C=O) groups is 1. The number of carboxylic acids is 1. The molecular weight excluding hydrogens is 170 g/mol. The van der Waals surface area contributed by atoms with Crippen molar-refractivity contribution in [1.29, 1.82) is 0 Å². The first-order chi connectivity index (χ1) is 6.00. The maximum Gasteiger partial charge on any atom is 0.320 e. The first kappa shape index (κ1) is 9.73. The summed E-state index contributed by atoms with van der Waals surface area (Å²) >= 11 is 0. The Hall–Kier alpha value is -1.36. The van der Waals surface area contributed by atoms with Gasteiger partial charge in [0.2, 0.25) is 0 Å². The molecule has 1 aromatic heterocycles. The van der Waals surface area contributed by atoms with Crippen LogP contribution in [0.25, 0.3) is 0 Å². The van der Waals surface area contributed by atoms with Gasteiger partial charge in [0.05, 0.1) is 5.69 Å². The summed E-state index contributed by atoms with van der Waals surface area (Å²) in [6.45, 7) is 1.84. The van der Waals surface area contributed by atoms with Gasteiger partial charge in [-0.2, -0.15) is 5.10 Å². The van der Waals surface area contributed by atoms with E-state index < -0.39 is 12.0 Å². The van der Waals surface area contributed by atoms with E-state index in [0.29, 0.717) is 6.42 Å². The maximum atomic E-state index is 10.5. The number of nitrogens with zero attached hydrogens (tertiary/aromatic N) is 2. The van der Waals surface area contributed by atoms with Gasteiger partial charge in [0.25, 0.3) is 0 Å². The minimum absolute atomic E-state index is 0.328. The number of aliphatic carboxylic acids is 1. The molecule has 0 aliphatic carbocycles. The van der Waals surface area contributed by atoms with Crippen LogP contribution in [0.3, 0.4) is 0 Å². The zero-order chi connectivity index (χ0) is 10.0. The van der Waals surface area contributed by atoms with E-state index in [1.165, 1.54) is 0 Å².